The number of hydrogen-bond acceptors (Lipinski definition) is 3. The Morgan fingerprint density at radius 2 is 2.00 bits per heavy atom. The fraction of sp³-hybridized carbons (Fsp3) is 0.417. The van der Waals surface area contributed by atoms with E-state index in [9.17, 15) is 4.79 Å². The van der Waals surface area contributed by atoms with Crippen LogP contribution in [0.25, 0.3) is 0 Å². The third kappa shape index (κ3) is 3.54. The second kappa shape index (κ2) is 5.37. The lowest BCUT2D eigenvalue weighted by Gasteiger charge is -2.22. The SMILES string of the molecule is CC(C)(C)c1ccccc1SCC(=O)NN. The summed E-state index contributed by atoms with van der Waals surface area (Å²) in [5, 5.41) is 0. The van der Waals surface area contributed by atoms with Crippen molar-refractivity contribution in [3.63, 3.8) is 0 Å². The molecule has 1 aromatic rings. The van der Waals surface area contributed by atoms with Gasteiger partial charge in [-0.2, -0.15) is 0 Å². The summed E-state index contributed by atoms with van der Waals surface area (Å²) in [5.74, 6) is 5.24. The maximum Gasteiger partial charge on any atom is 0.244 e. The second-order valence-electron chi connectivity index (χ2n) is 4.60. The van der Waals surface area contributed by atoms with Gasteiger partial charge in [-0.05, 0) is 17.0 Å². The summed E-state index contributed by atoms with van der Waals surface area (Å²) in [4.78, 5) is 12.2. The first-order valence-corrected chi connectivity index (χ1v) is 6.15. The smallest absolute Gasteiger partial charge is 0.244 e. The average Bonchev–Trinajstić information content (AvgIpc) is 2.25. The van der Waals surface area contributed by atoms with Crippen LogP contribution in [0.1, 0.15) is 26.3 Å². The minimum Gasteiger partial charge on any atom is -0.294 e. The van der Waals surface area contributed by atoms with Gasteiger partial charge in [0.25, 0.3) is 0 Å². The maximum atomic E-state index is 11.1. The van der Waals surface area contributed by atoms with Crippen molar-refractivity contribution < 1.29 is 4.79 Å². The lowest BCUT2D eigenvalue weighted by atomic mass is 9.87. The molecule has 88 valence electrons. The number of benzene rings is 1. The second-order valence-corrected chi connectivity index (χ2v) is 5.62. The molecule has 0 aliphatic rings. The average molecular weight is 238 g/mol. The maximum absolute atomic E-state index is 11.1. The van der Waals surface area contributed by atoms with Crippen LogP contribution in [0.4, 0.5) is 0 Å². The van der Waals surface area contributed by atoms with Crippen LogP contribution in [0.3, 0.4) is 0 Å². The van der Waals surface area contributed by atoms with Crippen molar-refractivity contribution in [2.45, 2.75) is 31.1 Å². The molecule has 0 radical (unpaired) electrons. The third-order valence-corrected chi connectivity index (χ3v) is 3.29. The molecule has 0 saturated heterocycles. The van der Waals surface area contributed by atoms with Crippen molar-refractivity contribution >= 4 is 17.7 Å². The van der Waals surface area contributed by atoms with Gasteiger partial charge in [-0.15, -0.1) is 11.8 Å². The Kier molecular flexibility index (Phi) is 4.38. The zero-order valence-electron chi connectivity index (χ0n) is 9.91. The van der Waals surface area contributed by atoms with Crippen LogP contribution in [-0.2, 0) is 10.2 Å². The number of rotatable bonds is 3. The fourth-order valence-electron chi connectivity index (χ4n) is 1.40. The van der Waals surface area contributed by atoms with Crippen LogP contribution >= 0.6 is 11.8 Å². The normalized spacial score (nSPS) is 11.2. The Labute approximate surface area is 101 Å². The van der Waals surface area contributed by atoms with E-state index in [4.69, 9.17) is 5.84 Å². The summed E-state index contributed by atoms with van der Waals surface area (Å²) in [6, 6.07) is 8.14. The minimum absolute atomic E-state index is 0.0861. The Hall–Kier alpha value is -1.00. The molecule has 4 heteroatoms. The molecule has 0 aromatic heterocycles. The van der Waals surface area contributed by atoms with Gasteiger partial charge >= 0.3 is 0 Å². The Balaban J connectivity index is 2.84. The Bertz CT molecular complexity index is 372. The first-order valence-electron chi connectivity index (χ1n) is 5.17. The van der Waals surface area contributed by atoms with Crippen molar-refractivity contribution in [1.29, 1.82) is 0 Å². The molecule has 1 amide bonds. The van der Waals surface area contributed by atoms with Crippen LogP contribution < -0.4 is 11.3 Å². The van der Waals surface area contributed by atoms with Crippen LogP contribution in [0, 0.1) is 0 Å². The van der Waals surface area contributed by atoms with E-state index in [0.29, 0.717) is 5.75 Å². The molecule has 0 aliphatic carbocycles. The van der Waals surface area contributed by atoms with Crippen LogP contribution in [-0.4, -0.2) is 11.7 Å². The molecule has 0 bridgehead atoms. The lowest BCUT2D eigenvalue weighted by Crippen LogP contribution is -2.31. The number of nitrogens with two attached hydrogens (primary N) is 1. The summed E-state index contributed by atoms with van der Waals surface area (Å²) in [7, 11) is 0. The van der Waals surface area contributed by atoms with Gasteiger partial charge in [0.05, 0.1) is 5.75 Å². The van der Waals surface area contributed by atoms with E-state index in [0.717, 1.165) is 4.90 Å². The van der Waals surface area contributed by atoms with Gasteiger partial charge in [0.15, 0.2) is 0 Å². The molecule has 0 fully saturated rings. The summed E-state index contributed by atoms with van der Waals surface area (Å²) < 4.78 is 0. The molecular weight excluding hydrogens is 220 g/mol. The topological polar surface area (TPSA) is 55.1 Å². The predicted molar refractivity (Wildman–Crippen MR) is 68.2 cm³/mol. The number of thioether (sulfide) groups is 1. The molecule has 0 heterocycles. The van der Waals surface area contributed by atoms with Crippen LogP contribution in [0.5, 0.6) is 0 Å². The Morgan fingerprint density at radius 1 is 1.38 bits per heavy atom. The van der Waals surface area contributed by atoms with Gasteiger partial charge in [0.1, 0.15) is 0 Å². The predicted octanol–water partition coefficient (Wildman–Crippen LogP) is 2.07. The van der Waals surface area contributed by atoms with Gasteiger partial charge in [-0.1, -0.05) is 39.0 Å². The molecule has 1 aromatic carbocycles. The van der Waals surface area contributed by atoms with E-state index in [-0.39, 0.29) is 11.3 Å². The highest BCUT2D eigenvalue weighted by atomic mass is 32.2. The highest BCUT2D eigenvalue weighted by Gasteiger charge is 2.17. The monoisotopic (exact) mass is 238 g/mol. The summed E-state index contributed by atoms with van der Waals surface area (Å²) in [6.45, 7) is 6.49. The summed E-state index contributed by atoms with van der Waals surface area (Å²) in [5.41, 5.74) is 3.47. The van der Waals surface area contributed by atoms with E-state index in [1.54, 1.807) is 0 Å². The standard InChI is InChI=1S/C12H18N2OS/c1-12(2,3)9-6-4-5-7-10(9)16-8-11(15)14-13/h4-7H,8,13H2,1-3H3,(H,14,15). The van der Waals surface area contributed by atoms with Crippen molar-refractivity contribution in [2.24, 2.45) is 5.84 Å². The highest BCUT2D eigenvalue weighted by Crippen LogP contribution is 2.31. The van der Waals surface area contributed by atoms with Crippen molar-refractivity contribution in [3.8, 4) is 0 Å². The molecule has 0 spiro atoms. The number of hydrazine groups is 1. The van der Waals surface area contributed by atoms with Gasteiger partial charge < -0.3 is 0 Å². The van der Waals surface area contributed by atoms with E-state index in [2.05, 4.69) is 32.3 Å². The van der Waals surface area contributed by atoms with Crippen molar-refractivity contribution in [2.75, 3.05) is 5.75 Å². The molecule has 0 unspecified atom stereocenters. The fourth-order valence-corrected chi connectivity index (χ4v) is 2.47. The first-order chi connectivity index (χ1) is 7.45. The molecular formula is C12H18N2OS. The highest BCUT2D eigenvalue weighted by molar-refractivity contribution is 8.00. The van der Waals surface area contributed by atoms with Crippen LogP contribution in [0.2, 0.25) is 0 Å². The van der Waals surface area contributed by atoms with Crippen molar-refractivity contribution in [3.05, 3.63) is 29.8 Å². The molecule has 3 N–H and O–H groups in total. The number of carbonyl (C=O) groups excluding carboxylic acids is 1. The molecule has 16 heavy (non-hydrogen) atoms. The molecule has 1 rings (SSSR count). The Morgan fingerprint density at radius 3 is 2.56 bits per heavy atom. The van der Waals surface area contributed by atoms with Gasteiger partial charge in [0, 0.05) is 4.90 Å². The summed E-state index contributed by atoms with van der Waals surface area (Å²) in [6.07, 6.45) is 0. The van der Waals surface area contributed by atoms with Crippen molar-refractivity contribution in [1.82, 2.24) is 5.43 Å². The zero-order valence-corrected chi connectivity index (χ0v) is 10.7. The number of hydrogen-bond donors (Lipinski definition) is 2. The quantitative estimate of drug-likeness (QED) is 0.367. The van der Waals surface area contributed by atoms with Gasteiger partial charge in [-0.25, -0.2) is 5.84 Å². The van der Waals surface area contributed by atoms with E-state index in [1.165, 1.54) is 17.3 Å². The zero-order chi connectivity index (χ0) is 12.2. The largest absolute Gasteiger partial charge is 0.294 e. The van der Waals surface area contributed by atoms with Gasteiger partial charge in [0.2, 0.25) is 5.91 Å². The minimum atomic E-state index is -0.159. The first kappa shape index (κ1) is 13.1. The van der Waals surface area contributed by atoms with E-state index < -0.39 is 0 Å². The number of amides is 1. The van der Waals surface area contributed by atoms with Gasteiger partial charge in [-0.3, -0.25) is 10.2 Å². The lowest BCUT2D eigenvalue weighted by molar-refractivity contribution is -0.118. The summed E-state index contributed by atoms with van der Waals surface area (Å²) >= 11 is 1.51. The van der Waals surface area contributed by atoms with E-state index in [1.807, 2.05) is 18.2 Å². The number of nitrogens with one attached hydrogen (secondary N) is 1. The van der Waals surface area contributed by atoms with E-state index >= 15 is 0 Å². The third-order valence-electron chi connectivity index (χ3n) is 2.21. The molecule has 3 nitrogen and oxygen atoms in total. The van der Waals surface area contributed by atoms with Crippen LogP contribution in [0.15, 0.2) is 29.2 Å². The number of carbonyl (C=O) groups is 1. The molecule has 0 atom stereocenters. The molecule has 0 aliphatic heterocycles. The molecule has 0 saturated carbocycles.